The predicted molar refractivity (Wildman–Crippen MR) is 105 cm³/mol. The van der Waals surface area contributed by atoms with E-state index in [0.29, 0.717) is 5.69 Å². The first-order valence-electron chi connectivity index (χ1n) is 8.43. The van der Waals surface area contributed by atoms with E-state index in [4.69, 9.17) is 11.6 Å². The summed E-state index contributed by atoms with van der Waals surface area (Å²) in [5.74, 6) is -0.324. The maximum Gasteiger partial charge on any atom is 0.263 e. The second kappa shape index (κ2) is 8.56. The predicted octanol–water partition coefficient (Wildman–Crippen LogP) is 4.37. The van der Waals surface area contributed by atoms with Crippen LogP contribution in [0.4, 0.5) is 5.69 Å². The van der Waals surface area contributed by atoms with Crippen LogP contribution in [0.1, 0.15) is 42.6 Å². The van der Waals surface area contributed by atoms with Crippen LogP contribution in [-0.4, -0.2) is 20.4 Å². The Morgan fingerprint density at radius 2 is 1.92 bits per heavy atom. The van der Waals surface area contributed by atoms with Gasteiger partial charge in [0.15, 0.2) is 0 Å². The molecular formula is C19H23ClN2O3S. The molecule has 140 valence electrons. The zero-order chi connectivity index (χ0) is 19.3. The van der Waals surface area contributed by atoms with Gasteiger partial charge in [0, 0.05) is 17.3 Å². The molecule has 0 bridgehead atoms. The summed E-state index contributed by atoms with van der Waals surface area (Å²) in [7, 11) is -3.92. The molecule has 0 radical (unpaired) electrons. The molecular weight excluding hydrogens is 372 g/mol. The third kappa shape index (κ3) is 5.22. The third-order valence-electron chi connectivity index (χ3n) is 3.85. The smallest absolute Gasteiger partial charge is 0.263 e. The first-order valence-corrected chi connectivity index (χ1v) is 10.3. The standard InChI is InChI=1S/C19H23ClN2O3S/c1-4-6-14(3)21-19(23)15-9-10-17(20)18(12-15)26(24,25)22-16-8-5-7-13(2)11-16/h5,7-12,14,22H,4,6H2,1-3H3,(H,21,23). The van der Waals surface area contributed by atoms with Gasteiger partial charge in [-0.15, -0.1) is 0 Å². The van der Waals surface area contributed by atoms with Gasteiger partial charge in [-0.2, -0.15) is 0 Å². The maximum absolute atomic E-state index is 12.7. The Morgan fingerprint density at radius 3 is 2.58 bits per heavy atom. The topological polar surface area (TPSA) is 75.3 Å². The number of carbonyl (C=O) groups excluding carboxylic acids is 1. The highest BCUT2D eigenvalue weighted by atomic mass is 35.5. The van der Waals surface area contributed by atoms with Crippen LogP contribution in [0.15, 0.2) is 47.4 Å². The van der Waals surface area contributed by atoms with Crippen molar-refractivity contribution < 1.29 is 13.2 Å². The van der Waals surface area contributed by atoms with Crippen LogP contribution in [0.3, 0.4) is 0 Å². The number of anilines is 1. The van der Waals surface area contributed by atoms with Crippen molar-refractivity contribution in [1.29, 1.82) is 0 Å². The van der Waals surface area contributed by atoms with Gasteiger partial charge in [0.1, 0.15) is 4.90 Å². The second-order valence-corrected chi connectivity index (χ2v) is 8.34. The fourth-order valence-corrected chi connectivity index (χ4v) is 4.16. The van der Waals surface area contributed by atoms with Gasteiger partial charge < -0.3 is 5.32 Å². The van der Waals surface area contributed by atoms with Crippen LogP contribution < -0.4 is 10.0 Å². The first-order chi connectivity index (χ1) is 12.2. The molecule has 5 nitrogen and oxygen atoms in total. The molecule has 1 amide bonds. The molecule has 2 rings (SSSR count). The van der Waals surface area contributed by atoms with E-state index in [-0.39, 0.29) is 27.4 Å². The number of nitrogens with one attached hydrogen (secondary N) is 2. The van der Waals surface area contributed by atoms with Gasteiger partial charge in [-0.25, -0.2) is 8.42 Å². The third-order valence-corrected chi connectivity index (χ3v) is 5.72. The number of sulfonamides is 1. The lowest BCUT2D eigenvalue weighted by molar-refractivity contribution is 0.0938. The Hall–Kier alpha value is -2.05. The average Bonchev–Trinajstić information content (AvgIpc) is 2.54. The number of aryl methyl sites for hydroxylation is 1. The van der Waals surface area contributed by atoms with Crippen molar-refractivity contribution in [2.75, 3.05) is 4.72 Å². The fraction of sp³-hybridized carbons (Fsp3) is 0.316. The van der Waals surface area contributed by atoms with Gasteiger partial charge in [0.2, 0.25) is 0 Å². The summed E-state index contributed by atoms with van der Waals surface area (Å²) in [5.41, 5.74) is 1.61. The number of rotatable bonds is 7. The van der Waals surface area contributed by atoms with Crippen LogP contribution >= 0.6 is 11.6 Å². The SMILES string of the molecule is CCCC(C)NC(=O)c1ccc(Cl)c(S(=O)(=O)Nc2cccc(C)c2)c1. The highest BCUT2D eigenvalue weighted by Crippen LogP contribution is 2.25. The molecule has 0 fully saturated rings. The van der Waals surface area contributed by atoms with Crippen molar-refractivity contribution in [1.82, 2.24) is 5.32 Å². The van der Waals surface area contributed by atoms with Crippen molar-refractivity contribution in [2.24, 2.45) is 0 Å². The van der Waals surface area contributed by atoms with Crippen LogP contribution in [0, 0.1) is 6.92 Å². The number of hydrogen-bond donors (Lipinski definition) is 2. The summed E-state index contributed by atoms with van der Waals surface area (Å²) in [5, 5.41) is 2.91. The van der Waals surface area contributed by atoms with E-state index in [9.17, 15) is 13.2 Å². The van der Waals surface area contributed by atoms with Gasteiger partial charge in [0.25, 0.3) is 15.9 Å². The van der Waals surface area contributed by atoms with Crippen LogP contribution in [0.25, 0.3) is 0 Å². The Balaban J connectivity index is 2.29. The van der Waals surface area contributed by atoms with E-state index in [1.165, 1.54) is 18.2 Å². The minimum Gasteiger partial charge on any atom is -0.350 e. The quantitative estimate of drug-likeness (QED) is 0.732. The molecule has 0 spiro atoms. The summed E-state index contributed by atoms with van der Waals surface area (Å²) in [4.78, 5) is 12.2. The van der Waals surface area contributed by atoms with E-state index in [1.807, 2.05) is 26.8 Å². The van der Waals surface area contributed by atoms with Gasteiger partial charge >= 0.3 is 0 Å². The normalized spacial score (nSPS) is 12.5. The molecule has 2 N–H and O–H groups in total. The molecule has 2 aromatic carbocycles. The van der Waals surface area contributed by atoms with Crippen molar-refractivity contribution in [3.63, 3.8) is 0 Å². The largest absolute Gasteiger partial charge is 0.350 e. The van der Waals surface area contributed by atoms with Crippen molar-refractivity contribution >= 4 is 33.2 Å². The Labute approximate surface area is 159 Å². The van der Waals surface area contributed by atoms with Gasteiger partial charge in [0.05, 0.1) is 5.02 Å². The number of benzene rings is 2. The molecule has 7 heteroatoms. The first kappa shape index (κ1) is 20.3. The summed E-state index contributed by atoms with van der Waals surface area (Å²) >= 11 is 6.09. The second-order valence-electron chi connectivity index (χ2n) is 6.28. The summed E-state index contributed by atoms with van der Waals surface area (Å²) in [6.45, 7) is 5.81. The number of halogens is 1. The molecule has 0 heterocycles. The molecule has 0 saturated heterocycles. The van der Waals surface area contributed by atoms with E-state index < -0.39 is 10.0 Å². The number of hydrogen-bond acceptors (Lipinski definition) is 3. The minimum atomic E-state index is -3.92. The molecule has 0 aromatic heterocycles. The summed E-state index contributed by atoms with van der Waals surface area (Å²) in [6, 6.07) is 11.2. The molecule has 1 atom stereocenters. The van der Waals surface area contributed by atoms with E-state index in [1.54, 1.807) is 18.2 Å². The van der Waals surface area contributed by atoms with Gasteiger partial charge in [-0.3, -0.25) is 9.52 Å². The molecule has 0 aliphatic rings. The van der Waals surface area contributed by atoms with Crippen molar-refractivity contribution in [2.45, 2.75) is 44.6 Å². The summed E-state index contributed by atoms with van der Waals surface area (Å²) < 4.78 is 27.9. The average molecular weight is 395 g/mol. The maximum atomic E-state index is 12.7. The van der Waals surface area contributed by atoms with E-state index >= 15 is 0 Å². The molecule has 0 aliphatic heterocycles. The monoisotopic (exact) mass is 394 g/mol. The van der Waals surface area contributed by atoms with Gasteiger partial charge in [-0.05, 0) is 56.2 Å². The molecule has 26 heavy (non-hydrogen) atoms. The molecule has 2 aromatic rings. The van der Waals surface area contributed by atoms with Crippen molar-refractivity contribution in [3.05, 3.63) is 58.6 Å². The van der Waals surface area contributed by atoms with Crippen LogP contribution in [0.5, 0.6) is 0 Å². The van der Waals surface area contributed by atoms with Crippen molar-refractivity contribution in [3.8, 4) is 0 Å². The molecule has 0 saturated carbocycles. The lowest BCUT2D eigenvalue weighted by Crippen LogP contribution is -2.32. The molecule has 0 aliphatic carbocycles. The lowest BCUT2D eigenvalue weighted by Gasteiger charge is -2.14. The van der Waals surface area contributed by atoms with Gasteiger partial charge in [-0.1, -0.05) is 37.1 Å². The zero-order valence-electron chi connectivity index (χ0n) is 15.0. The fourth-order valence-electron chi connectivity index (χ4n) is 2.58. The van der Waals surface area contributed by atoms with E-state index in [0.717, 1.165) is 18.4 Å². The highest BCUT2D eigenvalue weighted by Gasteiger charge is 2.21. The number of amides is 1. The lowest BCUT2D eigenvalue weighted by atomic mass is 10.1. The zero-order valence-corrected chi connectivity index (χ0v) is 16.6. The molecule has 1 unspecified atom stereocenters. The number of carbonyl (C=O) groups is 1. The summed E-state index contributed by atoms with van der Waals surface area (Å²) in [6.07, 6.45) is 1.79. The van der Waals surface area contributed by atoms with Crippen LogP contribution in [-0.2, 0) is 10.0 Å². The van der Waals surface area contributed by atoms with E-state index in [2.05, 4.69) is 10.0 Å². The highest BCUT2D eigenvalue weighted by molar-refractivity contribution is 7.92. The Kier molecular flexibility index (Phi) is 6.67. The van der Waals surface area contributed by atoms with Crippen LogP contribution in [0.2, 0.25) is 5.02 Å². The Morgan fingerprint density at radius 1 is 1.19 bits per heavy atom. The Bertz CT molecular complexity index is 897. The minimum absolute atomic E-state index is 0.00801.